The minimum Gasteiger partial charge on any atom is -0.392 e. The Morgan fingerprint density at radius 1 is 0.913 bits per heavy atom. The lowest BCUT2D eigenvalue weighted by molar-refractivity contribution is 0.279. The number of halogens is 1. The van der Waals surface area contributed by atoms with Crippen molar-refractivity contribution in [1.82, 2.24) is 0 Å². The Morgan fingerprint density at radius 3 is 1.87 bits per heavy atom. The molecule has 2 aromatic carbocycles. The van der Waals surface area contributed by atoms with Gasteiger partial charge in [0.1, 0.15) is 5.82 Å². The van der Waals surface area contributed by atoms with Crippen LogP contribution in [0.1, 0.15) is 68.7 Å². The van der Waals surface area contributed by atoms with Crippen molar-refractivity contribution in [2.75, 3.05) is 0 Å². The van der Waals surface area contributed by atoms with Crippen molar-refractivity contribution in [3.05, 3.63) is 58.4 Å². The molecule has 1 N–H and O–H groups in total. The Kier molecular flexibility index (Phi) is 5.59. The van der Waals surface area contributed by atoms with E-state index in [0.29, 0.717) is 5.56 Å². The Balaban J connectivity index is 2.98. The van der Waals surface area contributed by atoms with Crippen LogP contribution in [0.4, 0.5) is 4.39 Å². The van der Waals surface area contributed by atoms with Crippen LogP contribution >= 0.6 is 0 Å². The van der Waals surface area contributed by atoms with Gasteiger partial charge in [0.15, 0.2) is 0 Å². The Labute approximate surface area is 139 Å². The summed E-state index contributed by atoms with van der Waals surface area (Å²) < 4.78 is 15.3. The molecular weight excluding hydrogens is 287 g/mol. The van der Waals surface area contributed by atoms with Crippen molar-refractivity contribution in [2.45, 2.75) is 59.5 Å². The molecule has 0 fully saturated rings. The molecule has 0 saturated carbocycles. The normalized spacial score (nSPS) is 11.5. The minimum absolute atomic E-state index is 0.0306. The zero-order valence-corrected chi connectivity index (χ0v) is 14.8. The fourth-order valence-electron chi connectivity index (χ4n) is 3.55. The molecule has 0 bridgehead atoms. The molecule has 0 saturated heterocycles. The standard InChI is InChI=1S/C21H27FO/c1-6-16-18(13(2)3)21(22)19(14(4)5)17(12-23)20(16)15-10-8-7-9-11-15/h7-11,13-14,23H,6,12H2,1-5H3. The zero-order valence-electron chi connectivity index (χ0n) is 14.8. The van der Waals surface area contributed by atoms with Crippen LogP contribution < -0.4 is 0 Å². The number of hydrogen-bond donors (Lipinski definition) is 1. The lowest BCUT2D eigenvalue weighted by Crippen LogP contribution is -2.12. The number of hydrogen-bond acceptors (Lipinski definition) is 1. The molecule has 2 rings (SSSR count). The van der Waals surface area contributed by atoms with Crippen LogP contribution in [-0.2, 0) is 13.0 Å². The van der Waals surface area contributed by atoms with Crippen molar-refractivity contribution in [3.63, 3.8) is 0 Å². The molecule has 124 valence electrons. The Hall–Kier alpha value is -1.67. The van der Waals surface area contributed by atoms with E-state index in [2.05, 4.69) is 6.92 Å². The third kappa shape index (κ3) is 3.18. The van der Waals surface area contributed by atoms with Gasteiger partial charge in [0.25, 0.3) is 0 Å². The summed E-state index contributed by atoms with van der Waals surface area (Å²) in [6, 6.07) is 10.0. The number of aliphatic hydroxyl groups is 1. The summed E-state index contributed by atoms with van der Waals surface area (Å²) in [6.07, 6.45) is 0.750. The molecule has 0 radical (unpaired) electrons. The molecule has 0 atom stereocenters. The van der Waals surface area contributed by atoms with Crippen LogP contribution in [-0.4, -0.2) is 5.11 Å². The molecule has 1 nitrogen and oxygen atoms in total. The molecular formula is C21H27FO. The van der Waals surface area contributed by atoms with E-state index in [1.54, 1.807) is 0 Å². The van der Waals surface area contributed by atoms with Crippen molar-refractivity contribution in [1.29, 1.82) is 0 Å². The van der Waals surface area contributed by atoms with Gasteiger partial charge in [0.2, 0.25) is 0 Å². The monoisotopic (exact) mass is 314 g/mol. The first-order chi connectivity index (χ1) is 10.9. The highest BCUT2D eigenvalue weighted by Gasteiger charge is 2.26. The smallest absolute Gasteiger partial charge is 0.130 e. The fourth-order valence-corrected chi connectivity index (χ4v) is 3.55. The van der Waals surface area contributed by atoms with Crippen LogP contribution in [0, 0.1) is 5.82 Å². The van der Waals surface area contributed by atoms with Gasteiger partial charge in [-0.15, -0.1) is 0 Å². The molecule has 2 aromatic rings. The Morgan fingerprint density at radius 2 is 1.43 bits per heavy atom. The van der Waals surface area contributed by atoms with Crippen LogP contribution in [0.3, 0.4) is 0 Å². The van der Waals surface area contributed by atoms with Crippen LogP contribution in [0.25, 0.3) is 11.1 Å². The fraction of sp³-hybridized carbons (Fsp3) is 0.429. The number of aliphatic hydroxyl groups excluding tert-OH is 1. The predicted octanol–water partition coefficient (Wildman–Crippen LogP) is 5.79. The first-order valence-electron chi connectivity index (χ1n) is 8.47. The summed E-state index contributed by atoms with van der Waals surface area (Å²) in [7, 11) is 0. The van der Waals surface area contributed by atoms with Crippen LogP contribution in [0.15, 0.2) is 30.3 Å². The number of rotatable bonds is 5. The first kappa shape index (κ1) is 17.7. The second-order valence-electron chi connectivity index (χ2n) is 6.66. The van der Waals surface area contributed by atoms with Gasteiger partial charge in [-0.1, -0.05) is 65.0 Å². The molecule has 2 heteroatoms. The maximum absolute atomic E-state index is 15.3. The molecule has 0 heterocycles. The average molecular weight is 314 g/mol. The van der Waals surface area contributed by atoms with Crippen molar-refractivity contribution in [2.24, 2.45) is 0 Å². The average Bonchev–Trinajstić information content (AvgIpc) is 2.53. The second-order valence-corrected chi connectivity index (χ2v) is 6.66. The van der Waals surface area contributed by atoms with Gasteiger partial charge in [0, 0.05) is 0 Å². The van der Waals surface area contributed by atoms with E-state index < -0.39 is 0 Å². The molecule has 0 aliphatic rings. The van der Waals surface area contributed by atoms with E-state index in [4.69, 9.17) is 0 Å². The molecule has 0 spiro atoms. The SMILES string of the molecule is CCc1c(-c2ccccc2)c(CO)c(C(C)C)c(F)c1C(C)C. The maximum Gasteiger partial charge on any atom is 0.130 e. The number of benzene rings is 2. The lowest BCUT2D eigenvalue weighted by atomic mass is 9.80. The molecule has 0 aromatic heterocycles. The van der Waals surface area contributed by atoms with E-state index in [9.17, 15) is 5.11 Å². The van der Waals surface area contributed by atoms with Gasteiger partial charge in [-0.3, -0.25) is 0 Å². The maximum atomic E-state index is 15.3. The minimum atomic E-state index is -0.139. The van der Waals surface area contributed by atoms with E-state index in [1.807, 2.05) is 58.0 Å². The quantitative estimate of drug-likeness (QED) is 0.740. The van der Waals surface area contributed by atoms with Gasteiger partial charge in [-0.25, -0.2) is 4.39 Å². The third-order valence-corrected chi connectivity index (χ3v) is 4.46. The third-order valence-electron chi connectivity index (χ3n) is 4.46. The lowest BCUT2D eigenvalue weighted by Gasteiger charge is -2.26. The molecule has 0 aliphatic heterocycles. The molecule has 23 heavy (non-hydrogen) atoms. The van der Waals surface area contributed by atoms with Gasteiger partial charge in [-0.2, -0.15) is 0 Å². The summed E-state index contributed by atoms with van der Waals surface area (Å²) >= 11 is 0. The largest absolute Gasteiger partial charge is 0.392 e. The second kappa shape index (κ2) is 7.27. The van der Waals surface area contributed by atoms with Gasteiger partial charge in [0.05, 0.1) is 6.61 Å². The first-order valence-corrected chi connectivity index (χ1v) is 8.47. The van der Waals surface area contributed by atoms with Gasteiger partial charge < -0.3 is 5.11 Å². The van der Waals surface area contributed by atoms with Crippen LogP contribution in [0.2, 0.25) is 0 Å². The highest BCUT2D eigenvalue weighted by atomic mass is 19.1. The van der Waals surface area contributed by atoms with Crippen molar-refractivity contribution >= 4 is 0 Å². The highest BCUT2D eigenvalue weighted by Crippen LogP contribution is 2.40. The predicted molar refractivity (Wildman–Crippen MR) is 95.3 cm³/mol. The summed E-state index contributed by atoms with van der Waals surface area (Å²) in [5.41, 5.74) is 5.29. The summed E-state index contributed by atoms with van der Waals surface area (Å²) in [6.45, 7) is 9.97. The highest BCUT2D eigenvalue weighted by molar-refractivity contribution is 5.75. The Bertz CT molecular complexity index is 635. The van der Waals surface area contributed by atoms with E-state index >= 15 is 4.39 Å². The summed E-state index contributed by atoms with van der Waals surface area (Å²) in [5, 5.41) is 10.0. The van der Waals surface area contributed by atoms with E-state index in [-0.39, 0.29) is 24.3 Å². The molecule has 0 unspecified atom stereocenters. The van der Waals surface area contributed by atoms with Crippen LogP contribution in [0.5, 0.6) is 0 Å². The van der Waals surface area contributed by atoms with Gasteiger partial charge >= 0.3 is 0 Å². The summed E-state index contributed by atoms with van der Waals surface area (Å²) in [4.78, 5) is 0. The van der Waals surface area contributed by atoms with Gasteiger partial charge in [-0.05, 0) is 51.6 Å². The summed E-state index contributed by atoms with van der Waals surface area (Å²) in [5.74, 6) is 0.0104. The molecule has 0 aliphatic carbocycles. The zero-order chi connectivity index (χ0) is 17.1. The van der Waals surface area contributed by atoms with E-state index in [0.717, 1.165) is 34.2 Å². The van der Waals surface area contributed by atoms with E-state index in [1.165, 1.54) is 0 Å². The van der Waals surface area contributed by atoms with Crippen molar-refractivity contribution < 1.29 is 9.50 Å². The topological polar surface area (TPSA) is 20.2 Å². The molecule has 0 amide bonds. The van der Waals surface area contributed by atoms with Crippen molar-refractivity contribution in [3.8, 4) is 11.1 Å².